The Balaban J connectivity index is 2.03. The van der Waals surface area contributed by atoms with E-state index in [0.717, 1.165) is 0 Å². The number of amides is 1. The average Bonchev–Trinajstić information content (AvgIpc) is 2.60. The smallest absolute Gasteiger partial charge is 0.267 e. The highest BCUT2D eigenvalue weighted by Crippen LogP contribution is 2.26. The van der Waals surface area contributed by atoms with Gasteiger partial charge < -0.3 is 0 Å². The van der Waals surface area contributed by atoms with Gasteiger partial charge in [0.2, 0.25) is 0 Å². The molecule has 1 heterocycles. The third-order valence-electron chi connectivity index (χ3n) is 2.25. The lowest BCUT2D eigenvalue weighted by Crippen LogP contribution is -2.30. The summed E-state index contributed by atoms with van der Waals surface area (Å²) in [5.74, 6) is -0.244. The summed E-state index contributed by atoms with van der Waals surface area (Å²) in [5, 5.41) is 0. The topological polar surface area (TPSA) is 67.9 Å². The van der Waals surface area contributed by atoms with Crippen LogP contribution in [0.5, 0.6) is 0 Å². The van der Waals surface area contributed by atoms with Crippen LogP contribution in [0.3, 0.4) is 0 Å². The molecule has 0 bridgehead atoms. The van der Waals surface area contributed by atoms with E-state index in [1.54, 1.807) is 31.3 Å². The van der Waals surface area contributed by atoms with Gasteiger partial charge in [0.1, 0.15) is 6.61 Å². The Morgan fingerprint density at radius 2 is 2.18 bits per heavy atom. The summed E-state index contributed by atoms with van der Waals surface area (Å²) in [6, 6.07) is 6.86. The third kappa shape index (κ3) is 2.37. The van der Waals surface area contributed by atoms with Crippen LogP contribution in [0.25, 0.3) is 0 Å². The van der Waals surface area contributed by atoms with Crippen molar-refractivity contribution < 1.29 is 18.9 Å². The number of hydrogen-bond acceptors (Lipinski definition) is 5. The van der Waals surface area contributed by atoms with E-state index >= 15 is 0 Å². The quantitative estimate of drug-likeness (QED) is 0.464. The van der Waals surface area contributed by atoms with Gasteiger partial charge in [-0.05, 0) is 12.1 Å². The molecular formula is C10H12N2O4S. The molecule has 1 atom stereocenters. The summed E-state index contributed by atoms with van der Waals surface area (Å²) < 4.78 is 13.2. The van der Waals surface area contributed by atoms with E-state index in [1.807, 2.05) is 0 Å². The molecule has 1 N–H and O–H groups in total. The van der Waals surface area contributed by atoms with E-state index in [0.29, 0.717) is 10.5 Å². The normalized spacial score (nSPS) is 18.5. The van der Waals surface area contributed by atoms with Crippen LogP contribution in [0.4, 0.5) is 0 Å². The molecule has 1 aromatic carbocycles. The van der Waals surface area contributed by atoms with E-state index in [9.17, 15) is 9.00 Å². The van der Waals surface area contributed by atoms with Gasteiger partial charge in [-0.25, -0.2) is 9.10 Å². The first-order chi connectivity index (χ1) is 8.25. The van der Waals surface area contributed by atoms with E-state index in [4.69, 9.17) is 4.89 Å². The number of fused-ring (bicyclic) bond motifs is 1. The largest absolute Gasteiger partial charge is 0.268 e. The predicted molar refractivity (Wildman–Crippen MR) is 60.0 cm³/mol. The van der Waals surface area contributed by atoms with Gasteiger partial charge in [0, 0.05) is 7.05 Å². The lowest BCUT2D eigenvalue weighted by molar-refractivity contribution is -0.331. The maximum Gasteiger partial charge on any atom is 0.267 e. The van der Waals surface area contributed by atoms with Gasteiger partial charge in [0.05, 0.1) is 17.0 Å². The predicted octanol–water partition coefficient (Wildman–Crippen LogP) is 0.248. The molecule has 0 spiro atoms. The summed E-state index contributed by atoms with van der Waals surface area (Å²) in [7, 11) is 0.107. The molecule has 1 aliphatic heterocycles. The summed E-state index contributed by atoms with van der Waals surface area (Å²) >= 11 is 0. The summed E-state index contributed by atoms with van der Waals surface area (Å²) in [6.45, 7) is 0.355. The first-order valence-electron chi connectivity index (χ1n) is 5.03. The second-order valence-corrected chi connectivity index (χ2v) is 4.64. The van der Waals surface area contributed by atoms with Crippen molar-refractivity contribution >= 4 is 16.9 Å². The second-order valence-electron chi connectivity index (χ2n) is 3.26. The fourth-order valence-corrected chi connectivity index (χ4v) is 2.79. The molecular weight excluding hydrogens is 244 g/mol. The fourth-order valence-electron chi connectivity index (χ4n) is 1.53. The molecule has 1 unspecified atom stereocenters. The molecule has 0 aromatic heterocycles. The van der Waals surface area contributed by atoms with Crippen molar-refractivity contribution in [3.8, 4) is 0 Å². The number of benzene rings is 1. The van der Waals surface area contributed by atoms with Crippen LogP contribution in [0.15, 0.2) is 29.2 Å². The molecule has 1 aliphatic rings. The average molecular weight is 256 g/mol. The number of rotatable bonds is 5. The van der Waals surface area contributed by atoms with Crippen LogP contribution in [0, 0.1) is 0 Å². The molecule has 92 valence electrons. The van der Waals surface area contributed by atoms with Gasteiger partial charge in [-0.2, -0.15) is 5.48 Å². The minimum Gasteiger partial charge on any atom is -0.268 e. The van der Waals surface area contributed by atoms with Gasteiger partial charge in [-0.1, -0.05) is 12.1 Å². The Kier molecular flexibility index (Phi) is 3.85. The van der Waals surface area contributed by atoms with Crippen molar-refractivity contribution in [3.63, 3.8) is 0 Å². The highest BCUT2D eigenvalue weighted by Gasteiger charge is 2.33. The number of hydrogen-bond donors (Lipinski definition) is 1. The lowest BCUT2D eigenvalue weighted by atomic mass is 10.2. The van der Waals surface area contributed by atoms with Crippen molar-refractivity contribution in [2.75, 3.05) is 20.2 Å². The first kappa shape index (κ1) is 12.2. The molecule has 0 aliphatic carbocycles. The minimum absolute atomic E-state index is 0.145. The summed E-state index contributed by atoms with van der Waals surface area (Å²) in [6.07, 6.45) is 0. The summed E-state index contributed by atoms with van der Waals surface area (Å²) in [5.41, 5.74) is 2.82. The van der Waals surface area contributed by atoms with Gasteiger partial charge in [0.25, 0.3) is 5.91 Å². The van der Waals surface area contributed by atoms with Crippen LogP contribution < -0.4 is 5.48 Å². The van der Waals surface area contributed by atoms with E-state index in [2.05, 4.69) is 10.5 Å². The van der Waals surface area contributed by atoms with E-state index in [1.165, 1.54) is 4.31 Å². The van der Waals surface area contributed by atoms with Crippen molar-refractivity contribution in [3.05, 3.63) is 29.8 Å². The van der Waals surface area contributed by atoms with Crippen LogP contribution in [-0.2, 0) is 20.9 Å². The van der Waals surface area contributed by atoms with Gasteiger partial charge in [-0.3, -0.25) is 9.10 Å². The monoisotopic (exact) mass is 256 g/mol. The Morgan fingerprint density at radius 3 is 2.88 bits per heavy atom. The van der Waals surface area contributed by atoms with Crippen molar-refractivity contribution in [2.24, 2.45) is 0 Å². The number of hydroxylamine groups is 1. The van der Waals surface area contributed by atoms with Gasteiger partial charge in [-0.15, -0.1) is 4.99 Å². The molecule has 7 heteroatoms. The lowest BCUT2D eigenvalue weighted by Gasteiger charge is -2.12. The van der Waals surface area contributed by atoms with Crippen LogP contribution in [-0.4, -0.2) is 34.6 Å². The van der Waals surface area contributed by atoms with Crippen LogP contribution in [0.1, 0.15) is 10.4 Å². The Morgan fingerprint density at radius 1 is 1.41 bits per heavy atom. The molecule has 0 radical (unpaired) electrons. The molecule has 17 heavy (non-hydrogen) atoms. The maximum atomic E-state index is 12.0. The SMILES string of the molecule is CNOOCCN1C(=O)c2ccccc2S1=O. The molecule has 6 nitrogen and oxygen atoms in total. The Bertz CT molecular complexity index is 417. The maximum absolute atomic E-state index is 12.0. The minimum atomic E-state index is -1.44. The number of nitrogens with zero attached hydrogens (tertiary/aromatic N) is 1. The zero-order chi connectivity index (χ0) is 12.3. The Labute approximate surface area is 101 Å². The zero-order valence-corrected chi connectivity index (χ0v) is 10.0. The van der Waals surface area contributed by atoms with E-state index < -0.39 is 11.0 Å². The standard InChI is InChI=1S/C10H12N2O4S/c1-11-16-15-7-6-12-10(13)8-4-2-3-5-9(8)17(12)14/h2-5,11H,6-7H2,1H3. The number of nitrogens with one attached hydrogen (secondary N) is 1. The molecule has 0 saturated heterocycles. The molecule has 0 fully saturated rings. The van der Waals surface area contributed by atoms with E-state index in [-0.39, 0.29) is 19.1 Å². The molecule has 0 saturated carbocycles. The molecule has 1 aromatic rings. The Hall–Kier alpha value is -1.28. The van der Waals surface area contributed by atoms with Crippen molar-refractivity contribution in [2.45, 2.75) is 4.90 Å². The molecule has 1 amide bonds. The highest BCUT2D eigenvalue weighted by atomic mass is 32.2. The van der Waals surface area contributed by atoms with Gasteiger partial charge in [0.15, 0.2) is 11.0 Å². The molecule has 2 rings (SSSR count). The zero-order valence-electron chi connectivity index (χ0n) is 9.21. The van der Waals surface area contributed by atoms with Crippen molar-refractivity contribution in [1.29, 1.82) is 0 Å². The fraction of sp³-hybridized carbons (Fsp3) is 0.300. The van der Waals surface area contributed by atoms with Crippen LogP contribution >= 0.6 is 0 Å². The van der Waals surface area contributed by atoms with Crippen LogP contribution in [0.2, 0.25) is 0 Å². The van der Waals surface area contributed by atoms with Gasteiger partial charge >= 0.3 is 0 Å². The number of carbonyl (C=O) groups is 1. The first-order valence-corrected chi connectivity index (χ1v) is 6.14. The summed E-state index contributed by atoms with van der Waals surface area (Å²) in [4.78, 5) is 21.6. The highest BCUT2D eigenvalue weighted by molar-refractivity contribution is 7.84. The number of carbonyl (C=O) groups excluding carboxylic acids is 1. The third-order valence-corrected chi connectivity index (χ3v) is 3.73. The second kappa shape index (κ2) is 5.37. The van der Waals surface area contributed by atoms with Crippen molar-refractivity contribution in [1.82, 2.24) is 9.79 Å².